The predicted octanol–water partition coefficient (Wildman–Crippen LogP) is 0.889. The van der Waals surface area contributed by atoms with Crippen LogP contribution in [0.1, 0.15) is 15.9 Å². The number of aromatic nitrogens is 1. The average Bonchev–Trinajstić information content (AvgIpc) is 2.48. The quantitative estimate of drug-likeness (QED) is 0.378. The van der Waals surface area contributed by atoms with Crippen molar-refractivity contribution in [2.24, 2.45) is 12.1 Å². The Morgan fingerprint density at radius 2 is 2.23 bits per heavy atom. The Morgan fingerprint density at radius 1 is 1.45 bits per heavy atom. The van der Waals surface area contributed by atoms with Gasteiger partial charge in [0.25, 0.3) is 11.6 Å². The lowest BCUT2D eigenvalue weighted by molar-refractivity contribution is -0.671. The lowest BCUT2D eigenvalue weighted by Gasteiger charge is -2.00. The number of nitro benzene ring substituents is 1. The van der Waals surface area contributed by atoms with Crippen molar-refractivity contribution in [3.8, 4) is 5.75 Å². The molecule has 2 N–H and O–H groups in total. The molecule has 2 rings (SSSR count). The van der Waals surface area contributed by atoms with Crippen LogP contribution in [0.15, 0.2) is 47.8 Å². The number of aryl methyl sites for hydroxylation is 1. The summed E-state index contributed by atoms with van der Waals surface area (Å²) in [5.74, 6) is -0.605. The van der Waals surface area contributed by atoms with E-state index in [1.807, 2.05) is 0 Å². The van der Waals surface area contributed by atoms with Gasteiger partial charge in [0.2, 0.25) is 0 Å². The lowest BCUT2D eigenvalue weighted by atomic mass is 10.2. The van der Waals surface area contributed by atoms with Crippen LogP contribution in [0.3, 0.4) is 0 Å². The summed E-state index contributed by atoms with van der Waals surface area (Å²) >= 11 is 0. The molecule has 112 valence electrons. The number of nitrogens with one attached hydrogen (secondary N) is 1. The Balaban J connectivity index is 2.11. The first kappa shape index (κ1) is 15.1. The fourth-order valence-electron chi connectivity index (χ4n) is 1.71. The maximum atomic E-state index is 11.8. The van der Waals surface area contributed by atoms with Crippen LogP contribution in [-0.2, 0) is 7.05 Å². The summed E-state index contributed by atoms with van der Waals surface area (Å²) in [6, 6.07) is 6.86. The molecular weight excluding hydrogens is 288 g/mol. The molecule has 1 aromatic carbocycles. The topological polar surface area (TPSA) is 109 Å². The second-order valence-electron chi connectivity index (χ2n) is 4.46. The number of phenolic OH excluding ortho intramolecular Hbond substituents is 1. The third-order valence-electron chi connectivity index (χ3n) is 2.79. The molecule has 0 bridgehead atoms. The van der Waals surface area contributed by atoms with E-state index in [0.29, 0.717) is 5.56 Å². The number of phenols is 1. The van der Waals surface area contributed by atoms with E-state index >= 15 is 0 Å². The summed E-state index contributed by atoms with van der Waals surface area (Å²) in [5.41, 5.74) is 2.65. The number of carbonyl (C=O) groups is 1. The molecule has 22 heavy (non-hydrogen) atoms. The molecule has 0 fully saturated rings. The van der Waals surface area contributed by atoms with Crippen LogP contribution in [-0.4, -0.2) is 22.2 Å². The minimum absolute atomic E-state index is 0.133. The first-order valence-electron chi connectivity index (χ1n) is 6.23. The van der Waals surface area contributed by atoms with Gasteiger partial charge >= 0.3 is 0 Å². The van der Waals surface area contributed by atoms with Crippen LogP contribution in [0.5, 0.6) is 5.75 Å². The fourth-order valence-corrected chi connectivity index (χ4v) is 1.71. The number of aromatic hydroxyl groups is 1. The van der Waals surface area contributed by atoms with Gasteiger partial charge in [0.1, 0.15) is 18.4 Å². The maximum absolute atomic E-state index is 11.8. The van der Waals surface area contributed by atoms with Crippen LogP contribution in [0.25, 0.3) is 0 Å². The maximum Gasteiger partial charge on any atom is 0.277 e. The predicted molar refractivity (Wildman–Crippen MR) is 77.4 cm³/mol. The van der Waals surface area contributed by atoms with Crippen LogP contribution in [0.4, 0.5) is 5.69 Å². The number of benzene rings is 1. The van der Waals surface area contributed by atoms with E-state index in [1.165, 1.54) is 12.1 Å². The van der Waals surface area contributed by atoms with Crippen molar-refractivity contribution in [3.63, 3.8) is 0 Å². The smallest absolute Gasteiger partial charge is 0.277 e. The van der Waals surface area contributed by atoms with Crippen molar-refractivity contribution >= 4 is 17.8 Å². The van der Waals surface area contributed by atoms with Gasteiger partial charge in [-0.3, -0.25) is 14.9 Å². The second kappa shape index (κ2) is 6.44. The lowest BCUT2D eigenvalue weighted by Crippen LogP contribution is -2.29. The van der Waals surface area contributed by atoms with E-state index in [4.69, 9.17) is 0 Å². The van der Waals surface area contributed by atoms with Crippen molar-refractivity contribution < 1.29 is 19.4 Å². The number of nitro groups is 1. The van der Waals surface area contributed by atoms with Crippen molar-refractivity contribution in [1.29, 1.82) is 0 Å². The van der Waals surface area contributed by atoms with Gasteiger partial charge in [-0.2, -0.15) is 5.10 Å². The standard InChI is InChI=1S/C14H12N4O4/c1-17-6-2-3-10(9-17)14(20)16-15-8-11-7-12(18(21)22)4-5-13(11)19/h2-9H,1H3,(H-,15,16,19,20)/p+1. The summed E-state index contributed by atoms with van der Waals surface area (Å²) in [6.45, 7) is 0. The number of non-ortho nitro benzene ring substituents is 1. The highest BCUT2D eigenvalue weighted by atomic mass is 16.6. The minimum atomic E-state index is -0.584. The summed E-state index contributed by atoms with van der Waals surface area (Å²) in [6.07, 6.45) is 4.54. The third-order valence-corrected chi connectivity index (χ3v) is 2.79. The number of rotatable bonds is 4. The van der Waals surface area contributed by atoms with E-state index in [-0.39, 0.29) is 17.0 Å². The van der Waals surface area contributed by atoms with Crippen molar-refractivity contribution in [1.82, 2.24) is 5.43 Å². The SMILES string of the molecule is C[n+]1cccc(C(=O)N/N=C/c2cc([N+](=O)[O-])ccc2O)c1. The summed E-state index contributed by atoms with van der Waals surface area (Å²) < 4.78 is 1.71. The molecule has 8 nitrogen and oxygen atoms in total. The van der Waals surface area contributed by atoms with Crippen molar-refractivity contribution in [2.75, 3.05) is 0 Å². The molecule has 0 saturated carbocycles. The molecule has 0 aliphatic rings. The molecule has 1 heterocycles. The largest absolute Gasteiger partial charge is 0.507 e. The zero-order valence-corrected chi connectivity index (χ0v) is 11.6. The van der Waals surface area contributed by atoms with Crippen molar-refractivity contribution in [3.05, 3.63) is 64.0 Å². The highest BCUT2D eigenvalue weighted by Crippen LogP contribution is 2.21. The molecule has 1 amide bonds. The number of nitrogens with zero attached hydrogens (tertiary/aromatic N) is 3. The molecule has 0 saturated heterocycles. The van der Waals surface area contributed by atoms with Crippen molar-refractivity contribution in [2.45, 2.75) is 0 Å². The number of hydrogen-bond acceptors (Lipinski definition) is 5. The third kappa shape index (κ3) is 3.63. The Labute approximate surface area is 125 Å². The Morgan fingerprint density at radius 3 is 2.91 bits per heavy atom. The van der Waals surface area contributed by atoms with E-state index in [1.54, 1.807) is 36.1 Å². The molecule has 0 atom stereocenters. The number of hydrogen-bond donors (Lipinski definition) is 2. The van der Waals surface area contributed by atoms with Gasteiger partial charge in [0, 0.05) is 23.8 Å². The molecule has 8 heteroatoms. The highest BCUT2D eigenvalue weighted by Gasteiger charge is 2.10. The van der Waals surface area contributed by atoms with E-state index < -0.39 is 10.8 Å². The molecule has 0 aliphatic carbocycles. The molecule has 0 unspecified atom stereocenters. The van der Waals surface area contributed by atoms with Gasteiger partial charge in [-0.15, -0.1) is 0 Å². The molecule has 2 aromatic rings. The van der Waals surface area contributed by atoms with Gasteiger partial charge in [0.15, 0.2) is 12.4 Å². The summed E-state index contributed by atoms with van der Waals surface area (Å²) in [5, 5.41) is 24.0. The zero-order valence-electron chi connectivity index (χ0n) is 11.6. The fraction of sp³-hybridized carbons (Fsp3) is 0.0714. The van der Waals surface area contributed by atoms with Crippen LogP contribution >= 0.6 is 0 Å². The van der Waals surface area contributed by atoms with E-state index in [0.717, 1.165) is 12.3 Å². The first-order valence-corrected chi connectivity index (χ1v) is 6.23. The average molecular weight is 301 g/mol. The van der Waals surface area contributed by atoms with Crippen LogP contribution in [0, 0.1) is 10.1 Å². The monoisotopic (exact) mass is 301 g/mol. The van der Waals surface area contributed by atoms with E-state index in [2.05, 4.69) is 10.5 Å². The zero-order chi connectivity index (χ0) is 16.1. The Bertz CT molecular complexity index is 758. The summed E-state index contributed by atoms with van der Waals surface area (Å²) in [4.78, 5) is 21.9. The van der Waals surface area contributed by atoms with Gasteiger partial charge in [0.05, 0.1) is 11.1 Å². The van der Waals surface area contributed by atoms with Gasteiger partial charge in [-0.05, 0) is 12.1 Å². The Kier molecular flexibility index (Phi) is 4.42. The number of amides is 1. The molecule has 0 radical (unpaired) electrons. The number of pyridine rings is 1. The second-order valence-corrected chi connectivity index (χ2v) is 4.46. The van der Waals surface area contributed by atoms with Gasteiger partial charge < -0.3 is 5.11 Å². The molecule has 0 aliphatic heterocycles. The number of carbonyl (C=O) groups excluding carboxylic acids is 1. The number of hydrazone groups is 1. The Hall–Kier alpha value is -3.29. The molecular formula is C14H13N4O4+. The minimum Gasteiger partial charge on any atom is -0.507 e. The highest BCUT2D eigenvalue weighted by molar-refractivity contribution is 5.94. The van der Waals surface area contributed by atoms with Gasteiger partial charge in [-0.1, -0.05) is 0 Å². The normalized spacial score (nSPS) is 10.6. The molecule has 0 spiro atoms. The summed E-state index contributed by atoms with van der Waals surface area (Å²) in [7, 11) is 1.78. The van der Waals surface area contributed by atoms with Crippen LogP contribution < -0.4 is 9.99 Å². The van der Waals surface area contributed by atoms with Crippen LogP contribution in [0.2, 0.25) is 0 Å². The first-order chi connectivity index (χ1) is 10.5. The molecule has 1 aromatic heterocycles. The van der Waals surface area contributed by atoms with Gasteiger partial charge in [-0.25, -0.2) is 9.99 Å². The van der Waals surface area contributed by atoms with E-state index in [9.17, 15) is 20.0 Å².